The second-order valence-corrected chi connectivity index (χ2v) is 3.14. The van der Waals surface area contributed by atoms with Crippen LogP contribution in [0.15, 0.2) is 30.7 Å². The van der Waals surface area contributed by atoms with Gasteiger partial charge in [0.15, 0.2) is 0 Å². The van der Waals surface area contributed by atoms with Crippen molar-refractivity contribution in [1.82, 2.24) is 9.38 Å². The Kier molecular flexibility index (Phi) is 1.37. The van der Waals surface area contributed by atoms with Crippen LogP contribution in [0.3, 0.4) is 0 Å². The number of hydrogen-bond donors (Lipinski definition) is 0. The predicted molar refractivity (Wildman–Crippen MR) is 47.9 cm³/mol. The lowest BCUT2D eigenvalue weighted by atomic mass is 10.5. The van der Waals surface area contributed by atoms with Gasteiger partial charge in [0.05, 0.1) is 17.9 Å². The van der Waals surface area contributed by atoms with Gasteiger partial charge in [-0.1, -0.05) is 0 Å². The van der Waals surface area contributed by atoms with Crippen molar-refractivity contribution in [1.29, 1.82) is 0 Å². The first-order valence-corrected chi connectivity index (χ1v) is 4.02. The molecule has 2 heterocycles. The van der Waals surface area contributed by atoms with Gasteiger partial charge in [0.2, 0.25) is 0 Å². The minimum atomic E-state index is 1.14. The first-order valence-electron chi connectivity index (χ1n) is 2.94. The monoisotopic (exact) mass is 244 g/mol. The molecule has 0 aliphatic carbocycles. The maximum absolute atomic E-state index is 4.06. The average Bonchev–Trinajstić information content (AvgIpc) is 2.36. The average molecular weight is 244 g/mol. The highest BCUT2D eigenvalue weighted by molar-refractivity contribution is 14.1. The Morgan fingerprint density at radius 1 is 1.40 bits per heavy atom. The van der Waals surface area contributed by atoms with Crippen LogP contribution in [-0.4, -0.2) is 9.38 Å². The van der Waals surface area contributed by atoms with Crippen LogP contribution >= 0.6 is 22.6 Å². The van der Waals surface area contributed by atoms with E-state index in [1.807, 2.05) is 30.7 Å². The number of rotatable bonds is 0. The van der Waals surface area contributed by atoms with Crippen molar-refractivity contribution < 1.29 is 0 Å². The fourth-order valence-electron chi connectivity index (χ4n) is 0.931. The van der Waals surface area contributed by atoms with E-state index in [9.17, 15) is 0 Å². The van der Waals surface area contributed by atoms with Gasteiger partial charge in [0, 0.05) is 6.20 Å². The van der Waals surface area contributed by atoms with Crippen LogP contribution in [0.25, 0.3) is 5.52 Å². The first-order chi connectivity index (χ1) is 4.88. The molecule has 50 valence electrons. The molecule has 2 nitrogen and oxygen atoms in total. The van der Waals surface area contributed by atoms with Crippen LogP contribution in [0.1, 0.15) is 0 Å². The Morgan fingerprint density at radius 3 is 3.10 bits per heavy atom. The molecule has 2 rings (SSSR count). The number of fused-ring (bicyclic) bond motifs is 1. The minimum absolute atomic E-state index is 1.14. The molecule has 0 aliphatic heterocycles. The summed E-state index contributed by atoms with van der Waals surface area (Å²) in [6, 6.07) is 4.05. The molecule has 0 N–H and O–H groups in total. The van der Waals surface area contributed by atoms with E-state index in [2.05, 4.69) is 32.0 Å². The molecule has 0 spiro atoms. The SMILES string of the molecule is Ic1cncc2cccn12. The third-order valence-corrected chi connectivity index (χ3v) is 2.20. The Balaban J connectivity index is 2.95. The third kappa shape index (κ3) is 0.811. The molecule has 0 unspecified atom stereocenters. The van der Waals surface area contributed by atoms with E-state index >= 15 is 0 Å². The van der Waals surface area contributed by atoms with Gasteiger partial charge in [-0.2, -0.15) is 0 Å². The van der Waals surface area contributed by atoms with Crippen LogP contribution in [0, 0.1) is 3.70 Å². The van der Waals surface area contributed by atoms with Gasteiger partial charge in [0.25, 0.3) is 0 Å². The topological polar surface area (TPSA) is 17.3 Å². The highest BCUT2D eigenvalue weighted by atomic mass is 127. The molecule has 0 atom stereocenters. The minimum Gasteiger partial charge on any atom is -0.309 e. The number of halogens is 1. The molecule has 2 aromatic rings. The normalized spacial score (nSPS) is 10.5. The maximum Gasteiger partial charge on any atom is 0.103 e. The molecule has 3 heteroatoms. The highest BCUT2D eigenvalue weighted by Gasteiger charge is 1.93. The van der Waals surface area contributed by atoms with Crippen LogP contribution in [0.4, 0.5) is 0 Å². The predicted octanol–water partition coefficient (Wildman–Crippen LogP) is 1.94. The summed E-state index contributed by atoms with van der Waals surface area (Å²) in [5.74, 6) is 0. The standard InChI is InChI=1S/C7H5IN2/c8-7-5-9-4-6-2-1-3-10(6)7/h1-5H. The molecule has 10 heavy (non-hydrogen) atoms. The maximum atomic E-state index is 4.06. The van der Waals surface area contributed by atoms with Gasteiger partial charge in [0.1, 0.15) is 3.70 Å². The van der Waals surface area contributed by atoms with E-state index in [0.29, 0.717) is 0 Å². The zero-order chi connectivity index (χ0) is 6.97. The molecule has 2 aromatic heterocycles. The second-order valence-electron chi connectivity index (χ2n) is 2.03. The molecule has 0 saturated heterocycles. The van der Waals surface area contributed by atoms with Crippen molar-refractivity contribution in [3.63, 3.8) is 0 Å². The van der Waals surface area contributed by atoms with E-state index in [4.69, 9.17) is 0 Å². The van der Waals surface area contributed by atoms with E-state index in [-0.39, 0.29) is 0 Å². The Morgan fingerprint density at radius 2 is 2.30 bits per heavy atom. The third-order valence-electron chi connectivity index (χ3n) is 1.40. The van der Waals surface area contributed by atoms with Gasteiger partial charge in [-0.3, -0.25) is 4.98 Å². The number of aromatic nitrogens is 2. The largest absolute Gasteiger partial charge is 0.309 e. The Labute approximate surface area is 72.0 Å². The van der Waals surface area contributed by atoms with Crippen molar-refractivity contribution in [2.75, 3.05) is 0 Å². The van der Waals surface area contributed by atoms with Gasteiger partial charge in [-0.25, -0.2) is 0 Å². The van der Waals surface area contributed by atoms with Gasteiger partial charge in [-0.15, -0.1) is 0 Å². The van der Waals surface area contributed by atoms with Crippen molar-refractivity contribution in [2.24, 2.45) is 0 Å². The lowest BCUT2D eigenvalue weighted by Crippen LogP contribution is -1.88. The van der Waals surface area contributed by atoms with E-state index in [1.165, 1.54) is 0 Å². The quantitative estimate of drug-likeness (QED) is 0.647. The fraction of sp³-hybridized carbons (Fsp3) is 0. The van der Waals surface area contributed by atoms with Crippen molar-refractivity contribution in [2.45, 2.75) is 0 Å². The van der Waals surface area contributed by atoms with Crippen molar-refractivity contribution in [3.8, 4) is 0 Å². The van der Waals surface area contributed by atoms with Crippen molar-refractivity contribution >= 4 is 28.1 Å². The molecule has 0 aromatic carbocycles. The highest BCUT2D eigenvalue weighted by Crippen LogP contribution is 2.07. The summed E-state index contributed by atoms with van der Waals surface area (Å²) >= 11 is 2.26. The second kappa shape index (κ2) is 2.23. The van der Waals surface area contributed by atoms with Gasteiger partial charge >= 0.3 is 0 Å². The lowest BCUT2D eigenvalue weighted by Gasteiger charge is -1.94. The smallest absolute Gasteiger partial charge is 0.103 e. The molecule has 0 amide bonds. The zero-order valence-electron chi connectivity index (χ0n) is 5.16. The number of nitrogens with zero attached hydrogens (tertiary/aromatic N) is 2. The molecular formula is C7H5IN2. The number of hydrogen-bond acceptors (Lipinski definition) is 1. The lowest BCUT2D eigenvalue weighted by molar-refractivity contribution is 1.10. The molecule has 0 saturated carbocycles. The van der Waals surface area contributed by atoms with Crippen LogP contribution in [0.5, 0.6) is 0 Å². The van der Waals surface area contributed by atoms with E-state index in [0.717, 1.165) is 9.22 Å². The van der Waals surface area contributed by atoms with Crippen molar-refractivity contribution in [3.05, 3.63) is 34.4 Å². The van der Waals surface area contributed by atoms with Crippen LogP contribution < -0.4 is 0 Å². The summed E-state index contributed by atoms with van der Waals surface area (Å²) in [6.07, 6.45) is 5.72. The van der Waals surface area contributed by atoms with Gasteiger partial charge in [-0.05, 0) is 34.7 Å². The first kappa shape index (κ1) is 6.15. The summed E-state index contributed by atoms with van der Waals surface area (Å²) in [5, 5.41) is 0. The summed E-state index contributed by atoms with van der Waals surface area (Å²) in [5.41, 5.74) is 1.15. The van der Waals surface area contributed by atoms with Crippen LogP contribution in [-0.2, 0) is 0 Å². The molecule has 0 radical (unpaired) electrons. The van der Waals surface area contributed by atoms with Crippen LogP contribution in [0.2, 0.25) is 0 Å². The Bertz CT molecular complexity index is 353. The summed E-state index contributed by atoms with van der Waals surface area (Å²) in [7, 11) is 0. The van der Waals surface area contributed by atoms with E-state index < -0.39 is 0 Å². The molecule has 0 fully saturated rings. The summed E-state index contributed by atoms with van der Waals surface area (Å²) in [4.78, 5) is 4.06. The summed E-state index contributed by atoms with van der Waals surface area (Å²) < 4.78 is 3.23. The van der Waals surface area contributed by atoms with Gasteiger partial charge < -0.3 is 4.40 Å². The Hall–Kier alpha value is -0.580. The fourth-order valence-corrected chi connectivity index (χ4v) is 1.53. The zero-order valence-corrected chi connectivity index (χ0v) is 7.32. The summed E-state index contributed by atoms with van der Waals surface area (Å²) in [6.45, 7) is 0. The molecule has 0 bridgehead atoms. The van der Waals surface area contributed by atoms with E-state index in [1.54, 1.807) is 0 Å². The molecular weight excluding hydrogens is 239 g/mol. The molecule has 0 aliphatic rings.